The van der Waals surface area contributed by atoms with Crippen molar-refractivity contribution in [2.45, 2.75) is 37.7 Å². The van der Waals surface area contributed by atoms with Crippen LogP contribution in [-0.2, 0) is 32.8 Å². The van der Waals surface area contributed by atoms with E-state index in [1.165, 1.54) is 4.31 Å². The molecule has 32 heavy (non-hydrogen) atoms. The maximum Gasteiger partial charge on any atom is 0.323 e. The summed E-state index contributed by atoms with van der Waals surface area (Å²) in [4.78, 5) is 2.13. The van der Waals surface area contributed by atoms with Crippen molar-refractivity contribution in [1.82, 2.24) is 18.4 Å². The largest absolute Gasteiger partial charge is 0.379 e. The van der Waals surface area contributed by atoms with Crippen molar-refractivity contribution in [3.63, 3.8) is 0 Å². The third kappa shape index (κ3) is 3.95. The highest BCUT2D eigenvalue weighted by atomic mass is 32.2. The summed E-state index contributed by atoms with van der Waals surface area (Å²) in [6.07, 6.45) is 1.39. The number of morpholine rings is 1. The standard InChI is InChI=1S/C20H25F2N5O4S/c21-14-1-2-17(22)16(7-14)20-18(23)8-15(12-31-20)25-9-13-10-27(24-19(13)11-25)32(28,29)26-3-5-30-6-4-26/h1-2,7,10,15,18,20H,3-6,8-9,11-12,23H2/t15?,18-,20+/m0/s1. The summed E-state index contributed by atoms with van der Waals surface area (Å²) in [6, 6.07) is 2.74. The van der Waals surface area contributed by atoms with Crippen LogP contribution in [0.5, 0.6) is 0 Å². The Balaban J connectivity index is 1.24. The molecule has 2 aromatic rings. The van der Waals surface area contributed by atoms with Crippen LogP contribution in [0.1, 0.15) is 29.3 Å². The van der Waals surface area contributed by atoms with Gasteiger partial charge in [-0.25, -0.2) is 8.78 Å². The van der Waals surface area contributed by atoms with E-state index in [0.29, 0.717) is 58.1 Å². The summed E-state index contributed by atoms with van der Waals surface area (Å²) < 4.78 is 66.8. The maximum atomic E-state index is 14.1. The zero-order valence-electron chi connectivity index (χ0n) is 17.4. The minimum Gasteiger partial charge on any atom is -0.379 e. The normalized spacial score (nSPS) is 27.5. The smallest absolute Gasteiger partial charge is 0.323 e. The lowest BCUT2D eigenvalue weighted by Gasteiger charge is -2.38. The molecule has 5 rings (SSSR count). The Morgan fingerprint density at radius 1 is 1.16 bits per heavy atom. The molecule has 0 saturated carbocycles. The van der Waals surface area contributed by atoms with Crippen LogP contribution in [0.15, 0.2) is 24.4 Å². The van der Waals surface area contributed by atoms with Crippen molar-refractivity contribution in [2.24, 2.45) is 5.73 Å². The number of hydrogen-bond donors (Lipinski definition) is 1. The lowest BCUT2D eigenvalue weighted by molar-refractivity contribution is -0.0533. The van der Waals surface area contributed by atoms with Crippen LogP contribution in [0.2, 0.25) is 0 Å². The van der Waals surface area contributed by atoms with Crippen LogP contribution in [0.25, 0.3) is 0 Å². The molecule has 4 heterocycles. The van der Waals surface area contributed by atoms with E-state index in [1.807, 2.05) is 0 Å². The summed E-state index contributed by atoms with van der Waals surface area (Å²) in [7, 11) is -3.71. The van der Waals surface area contributed by atoms with Crippen molar-refractivity contribution < 1.29 is 26.7 Å². The van der Waals surface area contributed by atoms with Gasteiger partial charge in [0.2, 0.25) is 0 Å². The minimum absolute atomic E-state index is 0.0311. The molecule has 0 spiro atoms. The van der Waals surface area contributed by atoms with Gasteiger partial charge in [-0.3, -0.25) is 4.90 Å². The van der Waals surface area contributed by atoms with E-state index >= 15 is 0 Å². The van der Waals surface area contributed by atoms with Gasteiger partial charge in [-0.15, -0.1) is 0 Å². The third-order valence-electron chi connectivity index (χ3n) is 6.30. The summed E-state index contributed by atoms with van der Waals surface area (Å²) in [5, 5.41) is 4.33. The van der Waals surface area contributed by atoms with Crippen molar-refractivity contribution >= 4 is 10.2 Å². The molecule has 3 atom stereocenters. The molecule has 3 aliphatic heterocycles. The second-order valence-electron chi connectivity index (χ2n) is 8.37. The first-order valence-corrected chi connectivity index (χ1v) is 11.9. The SMILES string of the molecule is N[C@H]1CC(N2Cc3cn(S(=O)(=O)N4CCOCC4)nc3C2)CO[C@@H]1c1cc(F)ccc1F. The Morgan fingerprint density at radius 3 is 2.66 bits per heavy atom. The highest BCUT2D eigenvalue weighted by Crippen LogP contribution is 2.34. The second-order valence-corrected chi connectivity index (χ2v) is 10.2. The molecule has 1 aromatic heterocycles. The fourth-order valence-corrected chi connectivity index (χ4v) is 5.89. The number of rotatable bonds is 4. The van der Waals surface area contributed by atoms with E-state index in [1.54, 1.807) is 6.20 Å². The molecule has 1 unspecified atom stereocenters. The van der Waals surface area contributed by atoms with Gasteiger partial charge in [0.05, 0.1) is 25.5 Å². The highest BCUT2D eigenvalue weighted by molar-refractivity contribution is 7.87. The number of halogens is 2. The van der Waals surface area contributed by atoms with Gasteiger partial charge >= 0.3 is 10.2 Å². The molecule has 0 bridgehead atoms. The fraction of sp³-hybridized carbons (Fsp3) is 0.550. The average Bonchev–Trinajstić information content (AvgIpc) is 3.36. The highest BCUT2D eigenvalue weighted by Gasteiger charge is 2.38. The van der Waals surface area contributed by atoms with E-state index in [4.69, 9.17) is 15.2 Å². The number of nitrogens with zero attached hydrogens (tertiary/aromatic N) is 4. The predicted octanol–water partition coefficient (Wildman–Crippen LogP) is 0.760. The molecule has 0 amide bonds. The lowest BCUT2D eigenvalue weighted by atomic mass is 9.93. The molecule has 12 heteroatoms. The monoisotopic (exact) mass is 469 g/mol. The van der Waals surface area contributed by atoms with E-state index in [2.05, 4.69) is 10.00 Å². The van der Waals surface area contributed by atoms with Crippen LogP contribution in [0.3, 0.4) is 0 Å². The van der Waals surface area contributed by atoms with Gasteiger partial charge in [-0.1, -0.05) is 0 Å². The average molecular weight is 470 g/mol. The van der Waals surface area contributed by atoms with Crippen LogP contribution in [-0.4, -0.2) is 71.8 Å². The molecule has 2 N–H and O–H groups in total. The summed E-state index contributed by atoms with van der Waals surface area (Å²) >= 11 is 0. The Hall–Kier alpha value is -1.96. The van der Waals surface area contributed by atoms with Gasteiger partial charge in [0.1, 0.15) is 17.7 Å². The van der Waals surface area contributed by atoms with Crippen molar-refractivity contribution in [3.8, 4) is 0 Å². The van der Waals surface area contributed by atoms with Crippen molar-refractivity contribution in [3.05, 3.63) is 52.9 Å². The molecular weight excluding hydrogens is 444 g/mol. The van der Waals surface area contributed by atoms with Crippen LogP contribution in [0, 0.1) is 11.6 Å². The van der Waals surface area contributed by atoms with Gasteiger partial charge in [0.25, 0.3) is 0 Å². The first kappa shape index (κ1) is 21.9. The quantitative estimate of drug-likeness (QED) is 0.705. The Kier molecular flexibility index (Phi) is 5.76. The summed E-state index contributed by atoms with van der Waals surface area (Å²) in [5.41, 5.74) is 7.95. The molecule has 1 aromatic carbocycles. The van der Waals surface area contributed by atoms with Gasteiger partial charge < -0.3 is 15.2 Å². The van der Waals surface area contributed by atoms with E-state index in [9.17, 15) is 17.2 Å². The van der Waals surface area contributed by atoms with Crippen molar-refractivity contribution in [2.75, 3.05) is 32.9 Å². The lowest BCUT2D eigenvalue weighted by Crippen LogP contribution is -2.48. The van der Waals surface area contributed by atoms with Gasteiger partial charge in [-0.2, -0.15) is 21.9 Å². The number of aromatic nitrogens is 2. The van der Waals surface area contributed by atoms with Gasteiger partial charge in [0, 0.05) is 55.6 Å². The van der Waals surface area contributed by atoms with Crippen LogP contribution >= 0.6 is 0 Å². The molecule has 0 aliphatic carbocycles. The topological polar surface area (TPSA) is 103 Å². The van der Waals surface area contributed by atoms with Gasteiger partial charge in [-0.05, 0) is 24.6 Å². The molecule has 2 fully saturated rings. The van der Waals surface area contributed by atoms with E-state index in [-0.39, 0.29) is 11.6 Å². The number of ether oxygens (including phenoxy) is 2. The van der Waals surface area contributed by atoms with E-state index in [0.717, 1.165) is 27.8 Å². The number of hydrogen-bond acceptors (Lipinski definition) is 7. The summed E-state index contributed by atoms with van der Waals surface area (Å²) in [6.45, 7) is 2.67. The fourth-order valence-electron chi connectivity index (χ4n) is 4.58. The molecule has 9 nitrogen and oxygen atoms in total. The predicted molar refractivity (Wildman–Crippen MR) is 110 cm³/mol. The Morgan fingerprint density at radius 2 is 1.94 bits per heavy atom. The number of benzene rings is 1. The minimum atomic E-state index is -3.71. The molecule has 3 aliphatic rings. The van der Waals surface area contributed by atoms with Crippen molar-refractivity contribution in [1.29, 1.82) is 0 Å². The van der Waals surface area contributed by atoms with E-state index < -0.39 is 34.0 Å². The zero-order chi connectivity index (χ0) is 22.5. The number of fused-ring (bicyclic) bond motifs is 1. The Labute approximate surface area is 184 Å². The Bertz CT molecular complexity index is 1080. The molecule has 0 radical (unpaired) electrons. The maximum absolute atomic E-state index is 14.1. The molecule has 174 valence electrons. The van der Waals surface area contributed by atoms with Gasteiger partial charge in [0.15, 0.2) is 0 Å². The number of nitrogens with two attached hydrogens (primary N) is 1. The second kappa shape index (κ2) is 8.43. The first-order chi connectivity index (χ1) is 15.3. The first-order valence-electron chi connectivity index (χ1n) is 10.5. The zero-order valence-corrected chi connectivity index (χ0v) is 18.2. The third-order valence-corrected chi connectivity index (χ3v) is 7.98. The van der Waals surface area contributed by atoms with Crippen LogP contribution < -0.4 is 5.73 Å². The summed E-state index contributed by atoms with van der Waals surface area (Å²) in [5.74, 6) is -1.07. The van der Waals surface area contributed by atoms with Crippen LogP contribution in [0.4, 0.5) is 8.78 Å². The molecule has 2 saturated heterocycles. The molecular formula is C20H25F2N5O4S.